The van der Waals surface area contributed by atoms with Crippen LogP contribution in [0.3, 0.4) is 0 Å². The summed E-state index contributed by atoms with van der Waals surface area (Å²) < 4.78 is 1.42. The zero-order valence-corrected chi connectivity index (χ0v) is 16.3. The minimum atomic E-state index is -0.214. The second-order valence-corrected chi connectivity index (χ2v) is 7.24. The lowest BCUT2D eigenvalue weighted by molar-refractivity contribution is 0.0914. The molecule has 2 unspecified atom stereocenters. The molecule has 26 heavy (non-hydrogen) atoms. The van der Waals surface area contributed by atoms with Crippen molar-refractivity contribution in [3.63, 3.8) is 0 Å². The van der Waals surface area contributed by atoms with Gasteiger partial charge in [0.05, 0.1) is 5.39 Å². The number of aromatic nitrogens is 2. The average Bonchev–Trinajstić information content (AvgIpc) is 2.59. The highest BCUT2D eigenvalue weighted by Crippen LogP contribution is 2.15. The molecule has 142 valence electrons. The molecule has 7 heteroatoms. The molecule has 0 saturated carbocycles. The van der Waals surface area contributed by atoms with E-state index in [-0.39, 0.29) is 41.9 Å². The first kappa shape index (κ1) is 20.4. The Morgan fingerprint density at radius 2 is 2.04 bits per heavy atom. The predicted molar refractivity (Wildman–Crippen MR) is 106 cm³/mol. The summed E-state index contributed by atoms with van der Waals surface area (Å²) in [5.74, 6) is 0.0547. The van der Waals surface area contributed by atoms with Crippen LogP contribution in [0, 0.1) is 5.92 Å². The van der Waals surface area contributed by atoms with Crippen LogP contribution in [0.1, 0.15) is 44.1 Å². The zero-order chi connectivity index (χ0) is 18.0. The Balaban J connectivity index is 0.00000243. The Morgan fingerprint density at radius 1 is 1.35 bits per heavy atom. The number of halogens is 1. The van der Waals surface area contributed by atoms with E-state index < -0.39 is 0 Å². The maximum Gasteiger partial charge on any atom is 0.274 e. The van der Waals surface area contributed by atoms with Crippen molar-refractivity contribution >= 4 is 29.1 Å². The van der Waals surface area contributed by atoms with Crippen molar-refractivity contribution in [1.82, 2.24) is 20.4 Å². The van der Waals surface area contributed by atoms with Gasteiger partial charge in [0.25, 0.3) is 11.5 Å². The Hall–Kier alpha value is -1.92. The number of fused-ring (bicyclic) bond motifs is 1. The minimum absolute atomic E-state index is 0. The van der Waals surface area contributed by atoms with Crippen LogP contribution in [0.4, 0.5) is 0 Å². The zero-order valence-electron chi connectivity index (χ0n) is 15.5. The molecule has 2 atom stereocenters. The highest BCUT2D eigenvalue weighted by Gasteiger charge is 2.25. The van der Waals surface area contributed by atoms with Crippen molar-refractivity contribution in [1.29, 1.82) is 0 Å². The summed E-state index contributed by atoms with van der Waals surface area (Å²) in [4.78, 5) is 25.5. The third-order valence-electron chi connectivity index (χ3n) is 4.70. The summed E-state index contributed by atoms with van der Waals surface area (Å²) in [6, 6.07) is 7.51. The van der Waals surface area contributed by atoms with Gasteiger partial charge < -0.3 is 10.6 Å². The number of nitrogens with zero attached hydrogens (tertiary/aromatic N) is 2. The second kappa shape index (κ2) is 8.64. The molecule has 2 N–H and O–H groups in total. The summed E-state index contributed by atoms with van der Waals surface area (Å²) in [5.41, 5.74) is 0.183. The van der Waals surface area contributed by atoms with Crippen molar-refractivity contribution in [2.75, 3.05) is 6.54 Å². The predicted octanol–water partition coefficient (Wildman–Crippen LogP) is 2.34. The SMILES string of the molecule is CC(C)Cn1nc(C(=O)NC2CCCNC2C)c2ccccc2c1=O.Cl. The maximum atomic E-state index is 12.9. The van der Waals surface area contributed by atoms with Crippen molar-refractivity contribution < 1.29 is 4.79 Å². The first-order valence-corrected chi connectivity index (χ1v) is 9.01. The van der Waals surface area contributed by atoms with Gasteiger partial charge in [0.2, 0.25) is 0 Å². The number of hydrogen-bond acceptors (Lipinski definition) is 4. The van der Waals surface area contributed by atoms with Crippen LogP contribution in [0.2, 0.25) is 0 Å². The van der Waals surface area contributed by atoms with E-state index >= 15 is 0 Å². The molecule has 2 heterocycles. The second-order valence-electron chi connectivity index (χ2n) is 7.24. The largest absolute Gasteiger partial charge is 0.346 e. The number of carbonyl (C=O) groups excluding carboxylic acids is 1. The third-order valence-corrected chi connectivity index (χ3v) is 4.70. The minimum Gasteiger partial charge on any atom is -0.346 e. The van der Waals surface area contributed by atoms with Gasteiger partial charge >= 0.3 is 0 Å². The molecule has 1 aromatic heterocycles. The van der Waals surface area contributed by atoms with Crippen molar-refractivity contribution in [2.24, 2.45) is 5.92 Å². The van der Waals surface area contributed by atoms with E-state index in [9.17, 15) is 9.59 Å². The number of hydrogen-bond donors (Lipinski definition) is 2. The van der Waals surface area contributed by atoms with Gasteiger partial charge in [0.1, 0.15) is 0 Å². The van der Waals surface area contributed by atoms with Crippen LogP contribution in [0.5, 0.6) is 0 Å². The molecule has 2 aromatic rings. The van der Waals surface area contributed by atoms with Crippen LogP contribution in [-0.2, 0) is 6.54 Å². The Morgan fingerprint density at radius 3 is 2.69 bits per heavy atom. The van der Waals surface area contributed by atoms with Crippen molar-refractivity contribution in [3.05, 3.63) is 40.3 Å². The fourth-order valence-electron chi connectivity index (χ4n) is 3.35. The molecule has 1 fully saturated rings. The van der Waals surface area contributed by atoms with E-state index in [1.807, 2.05) is 26.0 Å². The quantitative estimate of drug-likeness (QED) is 0.856. The molecular formula is C19H27ClN4O2. The van der Waals surface area contributed by atoms with Crippen molar-refractivity contribution in [3.8, 4) is 0 Å². The van der Waals surface area contributed by atoms with Gasteiger partial charge in [-0.25, -0.2) is 4.68 Å². The molecule has 0 aliphatic carbocycles. The fourth-order valence-corrected chi connectivity index (χ4v) is 3.35. The molecular weight excluding hydrogens is 352 g/mol. The lowest BCUT2D eigenvalue weighted by Crippen LogP contribution is -2.52. The number of carbonyl (C=O) groups is 1. The number of amides is 1. The molecule has 1 aliphatic heterocycles. The van der Waals surface area contributed by atoms with Gasteiger partial charge in [-0.1, -0.05) is 32.0 Å². The molecule has 1 aliphatic rings. The summed E-state index contributed by atoms with van der Waals surface area (Å²) in [6.45, 7) is 7.60. The van der Waals surface area contributed by atoms with Crippen molar-refractivity contribution in [2.45, 2.75) is 52.2 Å². The molecule has 0 bridgehead atoms. The number of piperidine rings is 1. The fraction of sp³-hybridized carbons (Fsp3) is 0.526. The molecule has 1 amide bonds. The van der Waals surface area contributed by atoms with Gasteiger partial charge in [-0.15, -0.1) is 12.4 Å². The highest BCUT2D eigenvalue weighted by molar-refractivity contribution is 6.04. The van der Waals surface area contributed by atoms with Gasteiger partial charge in [0.15, 0.2) is 5.69 Å². The topological polar surface area (TPSA) is 76.0 Å². The van der Waals surface area contributed by atoms with E-state index in [4.69, 9.17) is 0 Å². The number of nitrogens with one attached hydrogen (secondary N) is 2. The van der Waals surface area contributed by atoms with E-state index in [0.717, 1.165) is 19.4 Å². The Bertz CT molecular complexity index is 834. The van der Waals surface area contributed by atoms with Crippen LogP contribution >= 0.6 is 12.4 Å². The number of benzene rings is 1. The Kier molecular flexibility index (Phi) is 6.78. The normalized spacial score (nSPS) is 20.0. The maximum absolute atomic E-state index is 12.9. The van der Waals surface area contributed by atoms with E-state index in [0.29, 0.717) is 23.0 Å². The van der Waals surface area contributed by atoms with Crippen LogP contribution < -0.4 is 16.2 Å². The smallest absolute Gasteiger partial charge is 0.274 e. The molecule has 0 radical (unpaired) electrons. The summed E-state index contributed by atoms with van der Waals surface area (Å²) in [7, 11) is 0. The molecule has 1 aromatic carbocycles. The standard InChI is InChI=1S/C19H26N4O2.ClH/c1-12(2)11-23-19(25)15-8-5-4-7-14(15)17(22-23)18(24)21-16-9-6-10-20-13(16)3;/h4-5,7-8,12-13,16,20H,6,9-11H2,1-3H3,(H,21,24);1H. The summed E-state index contributed by atoms with van der Waals surface area (Å²) in [5, 5.41) is 12.0. The average molecular weight is 379 g/mol. The molecule has 1 saturated heterocycles. The van der Waals surface area contributed by atoms with Gasteiger partial charge in [-0.05, 0) is 38.3 Å². The van der Waals surface area contributed by atoms with E-state index in [1.54, 1.807) is 12.1 Å². The first-order valence-electron chi connectivity index (χ1n) is 9.01. The summed E-state index contributed by atoms with van der Waals surface area (Å²) in [6.07, 6.45) is 1.99. The monoisotopic (exact) mass is 378 g/mol. The molecule has 3 rings (SSSR count). The lowest BCUT2D eigenvalue weighted by atomic mass is 9.99. The van der Waals surface area contributed by atoms with Crippen LogP contribution in [0.15, 0.2) is 29.1 Å². The summed E-state index contributed by atoms with van der Waals surface area (Å²) >= 11 is 0. The van der Waals surface area contributed by atoms with Gasteiger partial charge in [-0.2, -0.15) is 5.10 Å². The third kappa shape index (κ3) is 4.24. The first-order chi connectivity index (χ1) is 12.0. The Labute approximate surface area is 159 Å². The van der Waals surface area contributed by atoms with Gasteiger partial charge in [-0.3, -0.25) is 9.59 Å². The van der Waals surface area contributed by atoms with Gasteiger partial charge in [0, 0.05) is 24.0 Å². The van der Waals surface area contributed by atoms with Crippen LogP contribution in [-0.4, -0.2) is 34.3 Å². The highest BCUT2D eigenvalue weighted by atomic mass is 35.5. The van der Waals surface area contributed by atoms with E-state index in [1.165, 1.54) is 4.68 Å². The van der Waals surface area contributed by atoms with E-state index in [2.05, 4.69) is 22.7 Å². The van der Waals surface area contributed by atoms with Crippen LogP contribution in [0.25, 0.3) is 10.8 Å². The number of rotatable bonds is 4. The molecule has 6 nitrogen and oxygen atoms in total. The molecule has 0 spiro atoms. The lowest BCUT2D eigenvalue weighted by Gasteiger charge is -2.30.